The molecule has 2 aromatic rings. The van der Waals surface area contributed by atoms with E-state index in [0.29, 0.717) is 14.5 Å². The first-order valence-corrected chi connectivity index (χ1v) is 7.02. The Balaban J connectivity index is 2.35. The van der Waals surface area contributed by atoms with Gasteiger partial charge in [0.2, 0.25) is 5.88 Å². The van der Waals surface area contributed by atoms with Crippen molar-refractivity contribution >= 4 is 56.7 Å². The SMILES string of the molecule is O=C(O)c1cnc(Oc2cc(Cl)c(Br)cc2Cl)c(Cl)c1. The van der Waals surface area contributed by atoms with Crippen molar-refractivity contribution in [1.29, 1.82) is 0 Å². The number of aromatic carboxylic acids is 1. The maximum absolute atomic E-state index is 10.8. The zero-order valence-electron chi connectivity index (χ0n) is 9.53. The van der Waals surface area contributed by atoms with Crippen LogP contribution in [0.15, 0.2) is 28.9 Å². The average Bonchev–Trinajstić information content (AvgIpc) is 2.37. The molecule has 0 aliphatic carbocycles. The van der Waals surface area contributed by atoms with Gasteiger partial charge in [0, 0.05) is 16.7 Å². The van der Waals surface area contributed by atoms with Gasteiger partial charge < -0.3 is 9.84 Å². The highest BCUT2D eigenvalue weighted by Crippen LogP contribution is 2.37. The lowest BCUT2D eigenvalue weighted by atomic mass is 10.3. The molecule has 0 saturated carbocycles. The quantitative estimate of drug-likeness (QED) is 0.715. The van der Waals surface area contributed by atoms with Crippen LogP contribution in [0.2, 0.25) is 15.1 Å². The number of hydrogen-bond donors (Lipinski definition) is 1. The monoisotopic (exact) mass is 395 g/mol. The van der Waals surface area contributed by atoms with Gasteiger partial charge >= 0.3 is 5.97 Å². The fraction of sp³-hybridized carbons (Fsp3) is 0. The summed E-state index contributed by atoms with van der Waals surface area (Å²) in [7, 11) is 0. The summed E-state index contributed by atoms with van der Waals surface area (Å²) in [5.74, 6) is -0.829. The third kappa shape index (κ3) is 3.35. The largest absolute Gasteiger partial charge is 0.478 e. The number of hydrogen-bond acceptors (Lipinski definition) is 3. The van der Waals surface area contributed by atoms with Gasteiger partial charge in [0.15, 0.2) is 0 Å². The molecule has 0 fully saturated rings. The third-order valence-electron chi connectivity index (χ3n) is 2.24. The third-order valence-corrected chi connectivity index (χ3v) is 4.00. The smallest absolute Gasteiger partial charge is 0.337 e. The van der Waals surface area contributed by atoms with E-state index in [0.717, 1.165) is 6.20 Å². The van der Waals surface area contributed by atoms with Crippen molar-refractivity contribution in [1.82, 2.24) is 4.98 Å². The Morgan fingerprint density at radius 2 is 1.85 bits per heavy atom. The Kier molecular flexibility index (Phi) is 4.75. The predicted molar refractivity (Wildman–Crippen MR) is 80.4 cm³/mol. The van der Waals surface area contributed by atoms with Crippen molar-refractivity contribution in [2.75, 3.05) is 0 Å². The molecule has 8 heteroatoms. The van der Waals surface area contributed by atoms with Crippen LogP contribution in [0.5, 0.6) is 11.6 Å². The molecule has 4 nitrogen and oxygen atoms in total. The van der Waals surface area contributed by atoms with Crippen LogP contribution in [0.25, 0.3) is 0 Å². The second-order valence-electron chi connectivity index (χ2n) is 3.61. The van der Waals surface area contributed by atoms with Gasteiger partial charge in [-0.1, -0.05) is 34.8 Å². The van der Waals surface area contributed by atoms with Crippen molar-refractivity contribution in [3.8, 4) is 11.6 Å². The van der Waals surface area contributed by atoms with E-state index in [1.807, 2.05) is 0 Å². The predicted octanol–water partition coefficient (Wildman–Crippen LogP) is 5.29. The Hall–Kier alpha value is -1.01. The van der Waals surface area contributed by atoms with Crippen molar-refractivity contribution < 1.29 is 14.6 Å². The molecule has 0 aliphatic heterocycles. The molecule has 0 unspecified atom stereocenters. The highest BCUT2D eigenvalue weighted by Gasteiger charge is 2.13. The maximum atomic E-state index is 10.8. The summed E-state index contributed by atoms with van der Waals surface area (Å²) in [6, 6.07) is 4.30. The Morgan fingerprint density at radius 1 is 1.15 bits per heavy atom. The number of nitrogens with zero attached hydrogens (tertiary/aromatic N) is 1. The van der Waals surface area contributed by atoms with Gasteiger partial charge in [-0.05, 0) is 28.1 Å². The fourth-order valence-corrected chi connectivity index (χ4v) is 2.34. The lowest BCUT2D eigenvalue weighted by molar-refractivity contribution is 0.0696. The van der Waals surface area contributed by atoms with E-state index in [-0.39, 0.29) is 22.2 Å². The first-order chi connectivity index (χ1) is 9.38. The highest BCUT2D eigenvalue weighted by atomic mass is 79.9. The summed E-state index contributed by atoms with van der Waals surface area (Å²) in [6.45, 7) is 0. The number of carbonyl (C=O) groups is 1. The molecular formula is C12H5BrCl3NO3. The van der Waals surface area contributed by atoms with E-state index in [9.17, 15) is 4.79 Å². The van der Waals surface area contributed by atoms with Crippen LogP contribution in [-0.4, -0.2) is 16.1 Å². The van der Waals surface area contributed by atoms with Crippen molar-refractivity contribution in [2.45, 2.75) is 0 Å². The van der Waals surface area contributed by atoms with E-state index in [2.05, 4.69) is 20.9 Å². The Bertz CT molecular complexity index is 694. The van der Waals surface area contributed by atoms with Crippen molar-refractivity contribution in [3.63, 3.8) is 0 Å². The molecule has 0 spiro atoms. The van der Waals surface area contributed by atoms with E-state index in [1.165, 1.54) is 12.1 Å². The van der Waals surface area contributed by atoms with E-state index < -0.39 is 5.97 Å². The summed E-state index contributed by atoms with van der Waals surface area (Å²) < 4.78 is 6.06. The second kappa shape index (κ2) is 6.18. The summed E-state index contributed by atoms with van der Waals surface area (Å²) in [4.78, 5) is 14.6. The molecule has 1 N–H and O–H groups in total. The lowest BCUT2D eigenvalue weighted by Crippen LogP contribution is -1.98. The normalized spacial score (nSPS) is 10.4. The number of carboxylic acid groups (broad SMARTS) is 1. The van der Waals surface area contributed by atoms with Crippen LogP contribution >= 0.6 is 50.7 Å². The number of benzene rings is 1. The molecule has 1 aromatic heterocycles. The molecule has 1 aromatic carbocycles. The second-order valence-corrected chi connectivity index (χ2v) is 5.69. The topological polar surface area (TPSA) is 59.4 Å². The number of halogens is 4. The van der Waals surface area contributed by atoms with E-state index in [1.54, 1.807) is 6.07 Å². The minimum atomic E-state index is -1.13. The molecule has 0 amide bonds. The summed E-state index contributed by atoms with van der Waals surface area (Å²) >= 11 is 21.1. The summed E-state index contributed by atoms with van der Waals surface area (Å²) in [5.41, 5.74) is -0.0396. The molecule has 0 aliphatic rings. The number of aromatic nitrogens is 1. The van der Waals surface area contributed by atoms with Crippen LogP contribution in [0.4, 0.5) is 0 Å². The lowest BCUT2D eigenvalue weighted by Gasteiger charge is -2.09. The van der Waals surface area contributed by atoms with Gasteiger partial charge in [-0.3, -0.25) is 0 Å². The summed E-state index contributed by atoms with van der Waals surface area (Å²) in [5, 5.41) is 9.59. The molecule has 20 heavy (non-hydrogen) atoms. The van der Waals surface area contributed by atoms with Gasteiger partial charge in [0.1, 0.15) is 10.8 Å². The Labute approximate surface area is 137 Å². The standard InChI is InChI=1S/C12H5BrCl3NO3/c13-6-2-8(15)10(3-7(6)14)20-11-9(16)1-5(4-17-11)12(18)19/h1-4H,(H,18,19). The van der Waals surface area contributed by atoms with E-state index in [4.69, 9.17) is 44.6 Å². The Morgan fingerprint density at radius 3 is 2.45 bits per heavy atom. The van der Waals surface area contributed by atoms with Gasteiger partial charge in [0.25, 0.3) is 0 Å². The van der Waals surface area contributed by atoms with Gasteiger partial charge in [-0.25, -0.2) is 9.78 Å². The van der Waals surface area contributed by atoms with Crippen LogP contribution in [-0.2, 0) is 0 Å². The minimum absolute atomic E-state index is 0.0388. The average molecular weight is 397 g/mol. The first kappa shape index (κ1) is 15.4. The fourth-order valence-electron chi connectivity index (χ4n) is 1.30. The summed E-state index contributed by atoms with van der Waals surface area (Å²) in [6.07, 6.45) is 1.14. The molecule has 104 valence electrons. The molecule has 0 atom stereocenters. The number of pyridine rings is 1. The molecule has 0 saturated heterocycles. The number of rotatable bonds is 3. The molecule has 0 bridgehead atoms. The van der Waals surface area contributed by atoms with Crippen LogP contribution in [0.1, 0.15) is 10.4 Å². The van der Waals surface area contributed by atoms with Crippen molar-refractivity contribution in [3.05, 3.63) is 49.5 Å². The van der Waals surface area contributed by atoms with Crippen LogP contribution < -0.4 is 4.74 Å². The number of carboxylic acids is 1. The molecule has 1 heterocycles. The van der Waals surface area contributed by atoms with Crippen LogP contribution in [0, 0.1) is 0 Å². The minimum Gasteiger partial charge on any atom is -0.478 e. The maximum Gasteiger partial charge on any atom is 0.337 e. The highest BCUT2D eigenvalue weighted by molar-refractivity contribution is 9.10. The van der Waals surface area contributed by atoms with E-state index >= 15 is 0 Å². The molecular weight excluding hydrogens is 392 g/mol. The van der Waals surface area contributed by atoms with Crippen LogP contribution in [0.3, 0.4) is 0 Å². The molecule has 0 radical (unpaired) electrons. The molecule has 2 rings (SSSR count). The van der Waals surface area contributed by atoms with Gasteiger partial charge in [0.05, 0.1) is 15.6 Å². The number of ether oxygens (including phenoxy) is 1. The first-order valence-electron chi connectivity index (χ1n) is 5.09. The van der Waals surface area contributed by atoms with Gasteiger partial charge in [-0.15, -0.1) is 0 Å². The zero-order valence-corrected chi connectivity index (χ0v) is 13.4. The van der Waals surface area contributed by atoms with Crippen molar-refractivity contribution in [2.24, 2.45) is 0 Å². The van der Waals surface area contributed by atoms with Gasteiger partial charge in [-0.2, -0.15) is 0 Å². The zero-order chi connectivity index (χ0) is 14.9.